The van der Waals surface area contributed by atoms with E-state index < -0.39 is 11.6 Å². The third-order valence-electron chi connectivity index (χ3n) is 11.7. The molecule has 0 radical (unpaired) electrons. The molecule has 8 rings (SSSR count). The van der Waals surface area contributed by atoms with Gasteiger partial charge in [-0.15, -0.1) is 0 Å². The fourth-order valence-corrected chi connectivity index (χ4v) is 8.72. The standard InChI is InChI=1S/C46H47ClFN5O5/c1-27-40-38-17-16-37(47)42(40)41-28(2)51(4)50-44(41)46(3,58-26-29-9-13-35(56-6)14-10-29)19-18-33-25-34(52(5)49-33)12-8-30-22-31-24-32(48)11-15-36(31)39(23-30)57-21-7-20-53(38)43(27)45(54)55/h9-11,13-17,22-25H,7-8,12,18-21,26H2,1-6H3,(H,54,55)/t46-/m0/s1. The van der Waals surface area contributed by atoms with Crippen LogP contribution in [0.2, 0.25) is 5.02 Å². The Morgan fingerprint density at radius 3 is 2.52 bits per heavy atom. The summed E-state index contributed by atoms with van der Waals surface area (Å²) in [6, 6.07) is 22.5. The fourth-order valence-electron chi connectivity index (χ4n) is 8.47. The van der Waals surface area contributed by atoms with Gasteiger partial charge in [-0.05, 0) is 130 Å². The van der Waals surface area contributed by atoms with E-state index in [1.54, 1.807) is 13.2 Å². The maximum atomic E-state index is 14.5. The topological polar surface area (TPSA) is 106 Å². The van der Waals surface area contributed by atoms with Crippen molar-refractivity contribution in [3.8, 4) is 22.6 Å². The first-order chi connectivity index (χ1) is 27.8. The van der Waals surface area contributed by atoms with Crippen LogP contribution in [-0.2, 0) is 56.8 Å². The largest absolute Gasteiger partial charge is 0.497 e. The van der Waals surface area contributed by atoms with E-state index in [4.69, 9.17) is 36.0 Å². The van der Waals surface area contributed by atoms with Crippen molar-refractivity contribution in [3.63, 3.8) is 0 Å². The van der Waals surface area contributed by atoms with Gasteiger partial charge < -0.3 is 23.9 Å². The second kappa shape index (κ2) is 15.6. The number of aryl methyl sites for hydroxylation is 7. The second-order valence-electron chi connectivity index (χ2n) is 15.5. The molecule has 0 fully saturated rings. The molecule has 12 heteroatoms. The zero-order chi connectivity index (χ0) is 40.9. The number of nitrogens with zero attached hydrogens (tertiary/aromatic N) is 5. The molecule has 7 aromatic rings. The molecule has 0 amide bonds. The molecule has 0 saturated carbocycles. The Hall–Kier alpha value is -5.65. The number of carbonyl (C=O) groups is 1. The molecular weight excluding hydrogens is 757 g/mol. The Morgan fingerprint density at radius 1 is 0.966 bits per heavy atom. The number of fused-ring (bicyclic) bond motifs is 8. The van der Waals surface area contributed by atoms with Gasteiger partial charge in [0.15, 0.2) is 0 Å². The van der Waals surface area contributed by atoms with Crippen LogP contribution in [0.25, 0.3) is 32.8 Å². The third kappa shape index (κ3) is 7.22. The molecule has 300 valence electrons. The molecule has 4 heterocycles. The molecule has 1 atom stereocenters. The molecule has 8 bridgehead atoms. The van der Waals surface area contributed by atoms with Gasteiger partial charge >= 0.3 is 5.97 Å². The molecule has 0 saturated heterocycles. The van der Waals surface area contributed by atoms with Gasteiger partial charge in [-0.25, -0.2) is 9.18 Å². The number of carboxylic acids is 1. The average molecular weight is 804 g/mol. The summed E-state index contributed by atoms with van der Waals surface area (Å²) in [5, 5.41) is 23.6. The highest BCUT2D eigenvalue weighted by Gasteiger charge is 2.37. The summed E-state index contributed by atoms with van der Waals surface area (Å²) >= 11 is 7.22. The van der Waals surface area contributed by atoms with Crippen LogP contribution in [0, 0.1) is 19.7 Å². The Labute approximate surface area is 341 Å². The number of aromatic nitrogens is 5. The van der Waals surface area contributed by atoms with Crippen molar-refractivity contribution < 1.29 is 28.5 Å². The number of rotatable bonds is 5. The molecule has 10 nitrogen and oxygen atoms in total. The molecule has 3 aromatic heterocycles. The number of benzene rings is 4. The van der Waals surface area contributed by atoms with Crippen molar-refractivity contribution in [1.29, 1.82) is 0 Å². The zero-order valence-electron chi connectivity index (χ0n) is 33.7. The van der Waals surface area contributed by atoms with Gasteiger partial charge in [0.1, 0.15) is 34.3 Å². The molecule has 1 aliphatic rings. The van der Waals surface area contributed by atoms with Crippen LogP contribution in [0.4, 0.5) is 4.39 Å². The highest BCUT2D eigenvalue weighted by atomic mass is 35.5. The van der Waals surface area contributed by atoms with Crippen molar-refractivity contribution in [2.24, 2.45) is 14.1 Å². The minimum atomic E-state index is -1.03. The molecular formula is C46H47ClFN5O5. The first kappa shape index (κ1) is 39.2. The van der Waals surface area contributed by atoms with Crippen molar-refractivity contribution in [1.82, 2.24) is 24.1 Å². The van der Waals surface area contributed by atoms with Crippen LogP contribution in [0.3, 0.4) is 0 Å². The highest BCUT2D eigenvalue weighted by molar-refractivity contribution is 6.35. The lowest BCUT2D eigenvalue weighted by Crippen LogP contribution is -2.28. The van der Waals surface area contributed by atoms with Crippen LogP contribution >= 0.6 is 11.6 Å². The Balaban J connectivity index is 1.29. The van der Waals surface area contributed by atoms with Crippen molar-refractivity contribution >= 4 is 39.2 Å². The minimum Gasteiger partial charge on any atom is -0.497 e. The van der Waals surface area contributed by atoms with E-state index in [-0.39, 0.29) is 11.5 Å². The van der Waals surface area contributed by atoms with Gasteiger partial charge in [0.2, 0.25) is 0 Å². The lowest BCUT2D eigenvalue weighted by atomic mass is 9.87. The molecule has 1 N–H and O–H groups in total. The van der Waals surface area contributed by atoms with Gasteiger partial charge in [-0.2, -0.15) is 10.2 Å². The predicted octanol–water partition coefficient (Wildman–Crippen LogP) is 9.68. The van der Waals surface area contributed by atoms with Crippen molar-refractivity contribution in [3.05, 3.63) is 129 Å². The number of carboxylic acid groups (broad SMARTS) is 1. The van der Waals surface area contributed by atoms with Crippen LogP contribution in [0.5, 0.6) is 11.5 Å². The van der Waals surface area contributed by atoms with E-state index in [2.05, 4.69) is 13.0 Å². The molecule has 1 aliphatic heterocycles. The number of aromatic carboxylic acids is 1. The normalized spacial score (nSPS) is 16.3. The van der Waals surface area contributed by atoms with Gasteiger partial charge in [-0.1, -0.05) is 29.8 Å². The lowest BCUT2D eigenvalue weighted by Gasteiger charge is -2.30. The molecule has 58 heavy (non-hydrogen) atoms. The van der Waals surface area contributed by atoms with E-state index in [1.165, 1.54) is 12.1 Å². The van der Waals surface area contributed by atoms with E-state index in [1.807, 2.05) is 90.4 Å². The van der Waals surface area contributed by atoms with Crippen LogP contribution in [-0.4, -0.2) is 48.9 Å². The second-order valence-corrected chi connectivity index (χ2v) is 15.9. The summed E-state index contributed by atoms with van der Waals surface area (Å²) in [4.78, 5) is 13.1. The minimum absolute atomic E-state index is 0.191. The van der Waals surface area contributed by atoms with Crippen LogP contribution in [0.1, 0.15) is 69.7 Å². The Kier molecular flexibility index (Phi) is 10.5. The van der Waals surface area contributed by atoms with Crippen LogP contribution < -0.4 is 9.47 Å². The summed E-state index contributed by atoms with van der Waals surface area (Å²) < 4.78 is 38.9. The quantitative estimate of drug-likeness (QED) is 0.185. The predicted molar refractivity (Wildman–Crippen MR) is 224 cm³/mol. The highest BCUT2D eigenvalue weighted by Crippen LogP contribution is 2.46. The average Bonchev–Trinajstić information content (AvgIpc) is 3.82. The van der Waals surface area contributed by atoms with E-state index in [0.717, 1.165) is 66.8 Å². The number of halogens is 2. The first-order valence-electron chi connectivity index (χ1n) is 19.6. The van der Waals surface area contributed by atoms with E-state index in [0.29, 0.717) is 73.9 Å². The van der Waals surface area contributed by atoms with Crippen molar-refractivity contribution in [2.45, 2.75) is 71.6 Å². The third-order valence-corrected chi connectivity index (χ3v) is 12.0. The number of hydrogen-bond donors (Lipinski definition) is 1. The summed E-state index contributed by atoms with van der Waals surface area (Å²) in [7, 11) is 5.51. The summed E-state index contributed by atoms with van der Waals surface area (Å²) in [5.41, 5.74) is 7.70. The van der Waals surface area contributed by atoms with Gasteiger partial charge in [-0.3, -0.25) is 9.36 Å². The van der Waals surface area contributed by atoms with Crippen LogP contribution in [0.15, 0.2) is 72.8 Å². The monoisotopic (exact) mass is 803 g/mol. The van der Waals surface area contributed by atoms with E-state index in [9.17, 15) is 14.3 Å². The molecule has 0 unspecified atom stereocenters. The first-order valence-corrected chi connectivity index (χ1v) is 20.0. The lowest BCUT2D eigenvalue weighted by molar-refractivity contribution is -0.0571. The summed E-state index contributed by atoms with van der Waals surface area (Å²) in [6.45, 7) is 6.91. The van der Waals surface area contributed by atoms with E-state index >= 15 is 0 Å². The summed E-state index contributed by atoms with van der Waals surface area (Å²) in [5.74, 6) is 0.0819. The smallest absolute Gasteiger partial charge is 0.352 e. The Morgan fingerprint density at radius 2 is 1.76 bits per heavy atom. The SMILES string of the molecule is COc1ccc(CO[C@@]2(C)CCc3cc(n(C)n3)CCc3cc(c4ccc(F)cc4c3)OCCCn3c(C(=O)O)c(C)c4c(c(Cl)ccc43)-c3c2nn(C)c3C)cc1. The van der Waals surface area contributed by atoms with Gasteiger partial charge in [0.25, 0.3) is 0 Å². The summed E-state index contributed by atoms with van der Waals surface area (Å²) in [6.07, 6.45) is 3.05. The molecule has 4 aromatic carbocycles. The molecule has 0 aliphatic carbocycles. The maximum Gasteiger partial charge on any atom is 0.352 e. The number of methoxy groups -OCH3 is 1. The number of ether oxygens (including phenoxy) is 3. The number of hydrogen-bond acceptors (Lipinski definition) is 6. The maximum absolute atomic E-state index is 14.5. The van der Waals surface area contributed by atoms with Gasteiger partial charge in [0.05, 0.1) is 26.0 Å². The molecule has 0 spiro atoms. The fraction of sp³-hybridized carbons (Fsp3) is 0.326. The Bertz CT molecular complexity index is 2700. The zero-order valence-corrected chi connectivity index (χ0v) is 34.4. The van der Waals surface area contributed by atoms with Gasteiger partial charge in [0, 0.05) is 64.5 Å². The van der Waals surface area contributed by atoms with Crippen molar-refractivity contribution in [2.75, 3.05) is 13.7 Å².